The smallest absolute Gasteiger partial charge is 0.220 e. The molecule has 0 saturated heterocycles. The minimum atomic E-state index is -0.415. The first kappa shape index (κ1) is 15.8. The van der Waals surface area contributed by atoms with Gasteiger partial charge in [0, 0.05) is 6.42 Å². The molecule has 2 aromatic rings. The SMILES string of the molecule is COc1ccc(CC2CCOC(c3c(F)cccc3Cl)=N2)cc1. The van der Waals surface area contributed by atoms with Gasteiger partial charge in [0.1, 0.15) is 11.6 Å². The van der Waals surface area contributed by atoms with Crippen LogP contribution < -0.4 is 4.74 Å². The van der Waals surface area contributed by atoms with Gasteiger partial charge in [-0.1, -0.05) is 29.8 Å². The van der Waals surface area contributed by atoms with Crippen LogP contribution in [0.1, 0.15) is 17.5 Å². The van der Waals surface area contributed by atoms with Crippen LogP contribution in [-0.2, 0) is 11.2 Å². The summed E-state index contributed by atoms with van der Waals surface area (Å²) < 4.78 is 24.7. The first-order valence-electron chi connectivity index (χ1n) is 7.45. The monoisotopic (exact) mass is 333 g/mol. The molecule has 120 valence electrons. The van der Waals surface area contributed by atoms with Crippen molar-refractivity contribution in [3.8, 4) is 5.75 Å². The Morgan fingerprint density at radius 3 is 2.74 bits per heavy atom. The maximum absolute atomic E-state index is 14.0. The molecule has 1 aliphatic heterocycles. The predicted octanol–water partition coefficient (Wildman–Crippen LogP) is 4.27. The topological polar surface area (TPSA) is 30.8 Å². The highest BCUT2D eigenvalue weighted by Gasteiger charge is 2.22. The lowest BCUT2D eigenvalue weighted by Gasteiger charge is -2.22. The van der Waals surface area contributed by atoms with Crippen LogP contribution >= 0.6 is 11.6 Å². The zero-order valence-corrected chi connectivity index (χ0v) is 13.5. The van der Waals surface area contributed by atoms with Crippen molar-refractivity contribution >= 4 is 17.5 Å². The number of nitrogens with zero attached hydrogens (tertiary/aromatic N) is 1. The van der Waals surface area contributed by atoms with Gasteiger partial charge in [-0.05, 0) is 36.2 Å². The molecule has 3 rings (SSSR count). The average Bonchev–Trinajstić information content (AvgIpc) is 2.56. The fraction of sp³-hybridized carbons (Fsp3) is 0.278. The van der Waals surface area contributed by atoms with E-state index >= 15 is 0 Å². The standard InChI is InChI=1S/C18H17ClFNO2/c1-22-14-7-5-12(6-8-14)11-13-9-10-23-18(21-13)17-15(19)3-2-4-16(17)20/h2-8,13H,9-11H2,1H3. The van der Waals surface area contributed by atoms with Crippen LogP contribution in [0.15, 0.2) is 47.5 Å². The van der Waals surface area contributed by atoms with Crippen LogP contribution in [0.3, 0.4) is 0 Å². The molecule has 3 nitrogen and oxygen atoms in total. The highest BCUT2D eigenvalue weighted by atomic mass is 35.5. The Labute approximate surface area is 139 Å². The molecule has 0 saturated carbocycles. The normalized spacial score (nSPS) is 17.3. The molecule has 0 fully saturated rings. The van der Waals surface area contributed by atoms with Gasteiger partial charge in [0.15, 0.2) is 0 Å². The van der Waals surface area contributed by atoms with Crippen LogP contribution in [0.25, 0.3) is 0 Å². The van der Waals surface area contributed by atoms with Gasteiger partial charge in [0.05, 0.1) is 30.3 Å². The fourth-order valence-electron chi connectivity index (χ4n) is 2.58. The Morgan fingerprint density at radius 1 is 1.26 bits per heavy atom. The molecule has 2 aromatic carbocycles. The molecule has 0 aromatic heterocycles. The molecule has 0 spiro atoms. The molecule has 5 heteroatoms. The van der Waals surface area contributed by atoms with E-state index in [-0.39, 0.29) is 17.5 Å². The van der Waals surface area contributed by atoms with Crippen molar-refractivity contribution in [1.82, 2.24) is 0 Å². The number of hydrogen-bond acceptors (Lipinski definition) is 3. The van der Waals surface area contributed by atoms with Gasteiger partial charge in [-0.2, -0.15) is 0 Å². The second-order valence-corrected chi connectivity index (χ2v) is 5.78. The summed E-state index contributed by atoms with van der Waals surface area (Å²) in [7, 11) is 1.64. The number of aliphatic imine (C=N–C) groups is 1. The Morgan fingerprint density at radius 2 is 2.04 bits per heavy atom. The second-order valence-electron chi connectivity index (χ2n) is 5.37. The molecule has 0 aliphatic carbocycles. The first-order valence-corrected chi connectivity index (χ1v) is 7.83. The largest absolute Gasteiger partial charge is 0.497 e. The molecule has 1 heterocycles. The number of benzene rings is 2. The minimum Gasteiger partial charge on any atom is -0.497 e. The van der Waals surface area contributed by atoms with Crippen LogP contribution in [0.2, 0.25) is 5.02 Å². The van der Waals surface area contributed by atoms with Gasteiger partial charge in [-0.15, -0.1) is 0 Å². The summed E-state index contributed by atoms with van der Waals surface area (Å²) in [5.74, 6) is 0.697. The molecule has 23 heavy (non-hydrogen) atoms. The summed E-state index contributed by atoms with van der Waals surface area (Å²) >= 11 is 6.09. The molecule has 0 amide bonds. The van der Waals surface area contributed by atoms with E-state index in [1.165, 1.54) is 6.07 Å². The van der Waals surface area contributed by atoms with Crippen molar-refractivity contribution in [2.75, 3.05) is 13.7 Å². The highest BCUT2D eigenvalue weighted by Crippen LogP contribution is 2.24. The summed E-state index contributed by atoms with van der Waals surface area (Å²) in [6, 6.07) is 12.5. The molecule has 1 atom stereocenters. The van der Waals surface area contributed by atoms with E-state index in [1.807, 2.05) is 24.3 Å². The highest BCUT2D eigenvalue weighted by molar-refractivity contribution is 6.33. The number of halogens is 2. The molecule has 0 bridgehead atoms. The van der Waals surface area contributed by atoms with E-state index in [2.05, 4.69) is 4.99 Å². The molecule has 1 aliphatic rings. The summed E-state index contributed by atoms with van der Waals surface area (Å²) in [5, 5.41) is 0.314. The minimum absolute atomic E-state index is 0.0443. The van der Waals surface area contributed by atoms with E-state index in [9.17, 15) is 4.39 Å². The number of rotatable bonds is 4. The van der Waals surface area contributed by atoms with Crippen LogP contribution in [0, 0.1) is 5.82 Å². The number of hydrogen-bond donors (Lipinski definition) is 0. The van der Waals surface area contributed by atoms with Crippen molar-refractivity contribution in [3.05, 3.63) is 64.4 Å². The van der Waals surface area contributed by atoms with E-state index < -0.39 is 5.82 Å². The second kappa shape index (κ2) is 7.01. The summed E-state index contributed by atoms with van der Waals surface area (Å²) in [6.07, 6.45) is 1.56. The van der Waals surface area contributed by atoms with Crippen molar-refractivity contribution in [3.63, 3.8) is 0 Å². The third-order valence-electron chi connectivity index (χ3n) is 3.80. The molecule has 1 unspecified atom stereocenters. The van der Waals surface area contributed by atoms with Crippen molar-refractivity contribution in [2.45, 2.75) is 18.9 Å². The Balaban J connectivity index is 1.81. The summed E-state index contributed by atoms with van der Waals surface area (Å²) in [6.45, 7) is 0.504. The third-order valence-corrected chi connectivity index (χ3v) is 4.11. The first-order chi connectivity index (χ1) is 11.2. The van der Waals surface area contributed by atoms with E-state index in [0.717, 1.165) is 24.2 Å². The molecular formula is C18H17ClFNO2. The zero-order chi connectivity index (χ0) is 16.2. The fourth-order valence-corrected chi connectivity index (χ4v) is 2.82. The van der Waals surface area contributed by atoms with Crippen molar-refractivity contribution in [2.24, 2.45) is 4.99 Å². The Bertz CT molecular complexity index is 695. The average molecular weight is 334 g/mol. The predicted molar refractivity (Wildman–Crippen MR) is 89.0 cm³/mol. The number of methoxy groups -OCH3 is 1. The lowest BCUT2D eigenvalue weighted by Crippen LogP contribution is -2.24. The van der Waals surface area contributed by atoms with Gasteiger partial charge in [-0.25, -0.2) is 9.38 Å². The quantitative estimate of drug-likeness (QED) is 0.836. The van der Waals surface area contributed by atoms with Gasteiger partial charge in [0.2, 0.25) is 5.90 Å². The third kappa shape index (κ3) is 3.64. The van der Waals surface area contributed by atoms with Crippen LogP contribution in [-0.4, -0.2) is 25.7 Å². The number of ether oxygens (including phenoxy) is 2. The summed E-state index contributed by atoms with van der Waals surface area (Å²) in [4.78, 5) is 4.55. The van der Waals surface area contributed by atoms with Crippen LogP contribution in [0.4, 0.5) is 4.39 Å². The van der Waals surface area contributed by atoms with E-state index in [4.69, 9.17) is 21.1 Å². The van der Waals surface area contributed by atoms with E-state index in [0.29, 0.717) is 11.6 Å². The maximum atomic E-state index is 14.0. The van der Waals surface area contributed by atoms with Crippen LogP contribution in [0.5, 0.6) is 5.75 Å². The lowest BCUT2D eigenvalue weighted by molar-refractivity contribution is 0.259. The van der Waals surface area contributed by atoms with Gasteiger partial charge >= 0.3 is 0 Å². The summed E-state index contributed by atoms with van der Waals surface area (Å²) in [5.41, 5.74) is 1.40. The van der Waals surface area contributed by atoms with Gasteiger partial charge in [-0.3, -0.25) is 0 Å². The molecule has 0 radical (unpaired) electrons. The zero-order valence-electron chi connectivity index (χ0n) is 12.8. The van der Waals surface area contributed by atoms with Crippen molar-refractivity contribution < 1.29 is 13.9 Å². The molecule has 0 N–H and O–H groups in total. The van der Waals surface area contributed by atoms with Gasteiger partial charge < -0.3 is 9.47 Å². The van der Waals surface area contributed by atoms with Crippen molar-refractivity contribution in [1.29, 1.82) is 0 Å². The Kier molecular flexibility index (Phi) is 4.82. The van der Waals surface area contributed by atoms with Gasteiger partial charge in [0.25, 0.3) is 0 Å². The van der Waals surface area contributed by atoms with E-state index in [1.54, 1.807) is 19.2 Å². The molecular weight excluding hydrogens is 317 g/mol. The Hall–Kier alpha value is -2.07. The maximum Gasteiger partial charge on any atom is 0.220 e. The lowest BCUT2D eigenvalue weighted by atomic mass is 10.0.